The van der Waals surface area contributed by atoms with Gasteiger partial charge in [-0.3, -0.25) is 4.79 Å². The van der Waals surface area contributed by atoms with Crippen molar-refractivity contribution in [3.8, 4) is 5.75 Å². The van der Waals surface area contributed by atoms with Gasteiger partial charge in [-0.2, -0.15) is 5.10 Å². The van der Waals surface area contributed by atoms with Crippen molar-refractivity contribution in [2.45, 2.75) is 13.8 Å². The number of aromatic hydroxyl groups is 1. The molecule has 22 heavy (non-hydrogen) atoms. The predicted molar refractivity (Wildman–Crippen MR) is 94.5 cm³/mol. The number of rotatable bonds is 3. The van der Waals surface area contributed by atoms with Gasteiger partial charge in [0, 0.05) is 15.6 Å². The van der Waals surface area contributed by atoms with Crippen LogP contribution in [0.4, 0.5) is 0 Å². The molecule has 6 heteroatoms. The highest BCUT2D eigenvalue weighted by molar-refractivity contribution is 9.11. The molecule has 114 valence electrons. The Balaban J connectivity index is 2.14. The second kappa shape index (κ2) is 7.07. The molecule has 0 heterocycles. The molecule has 0 saturated carbocycles. The van der Waals surface area contributed by atoms with Gasteiger partial charge in [-0.1, -0.05) is 33.1 Å². The fourth-order valence-electron chi connectivity index (χ4n) is 2.02. The van der Waals surface area contributed by atoms with Crippen molar-refractivity contribution in [1.82, 2.24) is 5.43 Å². The summed E-state index contributed by atoms with van der Waals surface area (Å²) in [6.45, 7) is 3.87. The Labute approximate surface area is 145 Å². The van der Waals surface area contributed by atoms with Gasteiger partial charge in [0.1, 0.15) is 5.75 Å². The van der Waals surface area contributed by atoms with Crippen LogP contribution >= 0.6 is 31.9 Å². The zero-order valence-corrected chi connectivity index (χ0v) is 15.2. The zero-order valence-electron chi connectivity index (χ0n) is 12.0. The molecule has 2 aromatic rings. The maximum absolute atomic E-state index is 12.1. The maximum atomic E-state index is 12.1. The largest absolute Gasteiger partial charge is 0.506 e. The Hall–Kier alpha value is -1.66. The Bertz CT molecular complexity index is 738. The summed E-state index contributed by atoms with van der Waals surface area (Å²) in [6.07, 6.45) is 1.39. The molecule has 0 atom stereocenters. The number of halogens is 2. The van der Waals surface area contributed by atoms with Crippen molar-refractivity contribution >= 4 is 44.0 Å². The van der Waals surface area contributed by atoms with Crippen molar-refractivity contribution in [3.63, 3.8) is 0 Å². The van der Waals surface area contributed by atoms with E-state index in [0.29, 0.717) is 15.6 Å². The SMILES string of the molecule is Cc1cc(C)cc(C(=O)NN=Cc2cc(Br)cc(Br)c2O)c1. The van der Waals surface area contributed by atoms with E-state index in [-0.39, 0.29) is 11.7 Å². The highest BCUT2D eigenvalue weighted by Gasteiger charge is 2.07. The van der Waals surface area contributed by atoms with Crippen molar-refractivity contribution in [2.24, 2.45) is 5.10 Å². The van der Waals surface area contributed by atoms with E-state index in [4.69, 9.17) is 0 Å². The predicted octanol–water partition coefficient (Wildman–Crippen LogP) is 4.30. The molecule has 0 radical (unpaired) electrons. The fourth-order valence-corrected chi connectivity index (χ4v) is 3.27. The average molecular weight is 426 g/mol. The van der Waals surface area contributed by atoms with Gasteiger partial charge < -0.3 is 5.11 Å². The minimum atomic E-state index is -0.295. The van der Waals surface area contributed by atoms with Crippen LogP contribution in [0.25, 0.3) is 0 Å². The molecule has 0 bridgehead atoms. The van der Waals surface area contributed by atoms with Gasteiger partial charge in [0.15, 0.2) is 0 Å². The molecular weight excluding hydrogens is 412 g/mol. The third-order valence-corrected chi connectivity index (χ3v) is 3.97. The van der Waals surface area contributed by atoms with Gasteiger partial charge >= 0.3 is 0 Å². The van der Waals surface area contributed by atoms with Gasteiger partial charge in [-0.15, -0.1) is 0 Å². The lowest BCUT2D eigenvalue weighted by atomic mass is 10.1. The highest BCUT2D eigenvalue weighted by Crippen LogP contribution is 2.30. The second-order valence-corrected chi connectivity index (χ2v) is 6.67. The minimum absolute atomic E-state index is 0.0626. The lowest BCUT2D eigenvalue weighted by molar-refractivity contribution is 0.0955. The van der Waals surface area contributed by atoms with Gasteiger partial charge in [-0.05, 0) is 54.0 Å². The summed E-state index contributed by atoms with van der Waals surface area (Å²) < 4.78 is 1.34. The van der Waals surface area contributed by atoms with Crippen LogP contribution in [0.5, 0.6) is 5.75 Å². The van der Waals surface area contributed by atoms with Crippen molar-refractivity contribution < 1.29 is 9.90 Å². The smallest absolute Gasteiger partial charge is 0.271 e. The van der Waals surface area contributed by atoms with E-state index in [1.165, 1.54) is 6.21 Å². The van der Waals surface area contributed by atoms with Gasteiger partial charge in [0.05, 0.1) is 10.7 Å². The van der Waals surface area contributed by atoms with E-state index in [9.17, 15) is 9.90 Å². The summed E-state index contributed by atoms with van der Waals surface area (Å²) in [5.41, 5.74) is 5.53. The van der Waals surface area contributed by atoms with E-state index in [2.05, 4.69) is 42.4 Å². The number of hydrazone groups is 1. The van der Waals surface area contributed by atoms with Crippen LogP contribution in [-0.4, -0.2) is 17.2 Å². The number of phenols is 1. The Morgan fingerprint density at radius 1 is 1.14 bits per heavy atom. The van der Waals surface area contributed by atoms with Crippen molar-refractivity contribution in [3.05, 3.63) is 61.5 Å². The van der Waals surface area contributed by atoms with Crippen LogP contribution in [0.3, 0.4) is 0 Å². The Morgan fingerprint density at radius 2 is 1.77 bits per heavy atom. The third-order valence-electron chi connectivity index (χ3n) is 2.91. The number of carbonyl (C=O) groups is 1. The molecule has 0 spiro atoms. The summed E-state index contributed by atoms with van der Waals surface area (Å²) in [5.74, 6) is -0.232. The molecule has 0 aliphatic rings. The highest BCUT2D eigenvalue weighted by atomic mass is 79.9. The average Bonchev–Trinajstić information content (AvgIpc) is 2.42. The topological polar surface area (TPSA) is 61.7 Å². The monoisotopic (exact) mass is 424 g/mol. The molecule has 4 nitrogen and oxygen atoms in total. The molecule has 0 aliphatic heterocycles. The molecule has 0 saturated heterocycles. The van der Waals surface area contributed by atoms with Crippen LogP contribution in [-0.2, 0) is 0 Å². The molecule has 2 aromatic carbocycles. The normalized spacial score (nSPS) is 10.9. The molecule has 2 rings (SSSR count). The van der Waals surface area contributed by atoms with Crippen LogP contribution in [0.15, 0.2) is 44.4 Å². The van der Waals surface area contributed by atoms with Gasteiger partial charge in [0.2, 0.25) is 0 Å². The van der Waals surface area contributed by atoms with E-state index in [1.54, 1.807) is 24.3 Å². The Morgan fingerprint density at radius 3 is 2.41 bits per heavy atom. The lowest BCUT2D eigenvalue weighted by Crippen LogP contribution is -2.17. The van der Waals surface area contributed by atoms with E-state index in [0.717, 1.165) is 15.6 Å². The number of nitrogens with zero attached hydrogens (tertiary/aromatic N) is 1. The first kappa shape index (κ1) is 16.7. The molecule has 2 N–H and O–H groups in total. The number of hydrogen-bond acceptors (Lipinski definition) is 3. The lowest BCUT2D eigenvalue weighted by Gasteiger charge is -2.04. The number of nitrogens with one attached hydrogen (secondary N) is 1. The molecule has 0 aromatic heterocycles. The van der Waals surface area contributed by atoms with Crippen LogP contribution in [0.2, 0.25) is 0 Å². The quantitative estimate of drug-likeness (QED) is 0.568. The third kappa shape index (κ3) is 4.18. The number of aryl methyl sites for hydroxylation is 2. The summed E-state index contributed by atoms with van der Waals surface area (Å²) in [4.78, 5) is 12.1. The number of carbonyl (C=O) groups excluding carboxylic acids is 1. The van der Waals surface area contributed by atoms with Crippen LogP contribution < -0.4 is 5.43 Å². The Kier molecular flexibility index (Phi) is 5.37. The van der Waals surface area contributed by atoms with Gasteiger partial charge in [0.25, 0.3) is 5.91 Å². The summed E-state index contributed by atoms with van der Waals surface area (Å²) in [5, 5.41) is 13.8. The first-order valence-electron chi connectivity index (χ1n) is 6.46. The zero-order chi connectivity index (χ0) is 16.3. The van der Waals surface area contributed by atoms with Crippen molar-refractivity contribution in [1.29, 1.82) is 0 Å². The van der Waals surface area contributed by atoms with E-state index < -0.39 is 0 Å². The molecule has 0 fully saturated rings. The first-order valence-corrected chi connectivity index (χ1v) is 8.05. The summed E-state index contributed by atoms with van der Waals surface area (Å²) in [6, 6.07) is 9.01. The second-order valence-electron chi connectivity index (χ2n) is 4.90. The molecular formula is C16H14Br2N2O2. The van der Waals surface area contributed by atoms with Crippen molar-refractivity contribution in [2.75, 3.05) is 0 Å². The molecule has 1 amide bonds. The van der Waals surface area contributed by atoms with Crippen LogP contribution in [0, 0.1) is 13.8 Å². The number of hydrogen-bond donors (Lipinski definition) is 2. The number of phenolic OH excluding ortho intramolecular Hbond substituents is 1. The first-order chi connectivity index (χ1) is 10.4. The van der Waals surface area contributed by atoms with E-state index >= 15 is 0 Å². The number of amides is 1. The fraction of sp³-hybridized carbons (Fsp3) is 0.125. The molecule has 0 aliphatic carbocycles. The summed E-state index contributed by atoms with van der Waals surface area (Å²) in [7, 11) is 0. The number of benzene rings is 2. The van der Waals surface area contributed by atoms with Crippen LogP contribution in [0.1, 0.15) is 27.0 Å². The van der Waals surface area contributed by atoms with E-state index in [1.807, 2.05) is 19.9 Å². The standard InChI is InChI=1S/C16H14Br2N2O2/c1-9-3-10(2)5-11(4-9)16(22)20-19-8-12-6-13(17)7-14(18)15(12)21/h3-8,21H,1-2H3,(H,20,22). The van der Waals surface area contributed by atoms with Gasteiger partial charge in [-0.25, -0.2) is 5.43 Å². The molecule has 0 unspecified atom stereocenters. The minimum Gasteiger partial charge on any atom is -0.506 e. The summed E-state index contributed by atoms with van der Waals surface area (Å²) >= 11 is 6.57. The maximum Gasteiger partial charge on any atom is 0.271 e.